The molecule has 4 nitrogen and oxygen atoms in total. The summed E-state index contributed by atoms with van der Waals surface area (Å²) in [5.74, 6) is 1.33. The second-order valence-corrected chi connectivity index (χ2v) is 7.94. The van der Waals surface area contributed by atoms with Gasteiger partial charge in [0, 0.05) is 35.1 Å². The number of halogens is 1. The molecule has 2 aromatic heterocycles. The van der Waals surface area contributed by atoms with Crippen LogP contribution in [0.15, 0.2) is 40.4 Å². The van der Waals surface area contributed by atoms with Gasteiger partial charge in [0.05, 0.1) is 5.39 Å². The number of fused-ring (bicyclic) bond motifs is 1. The van der Waals surface area contributed by atoms with Gasteiger partial charge in [-0.2, -0.15) is 0 Å². The monoisotopic (exact) mass is 403 g/mol. The van der Waals surface area contributed by atoms with Gasteiger partial charge in [-0.3, -0.25) is 0 Å². The fourth-order valence-corrected chi connectivity index (χ4v) is 4.52. The van der Waals surface area contributed by atoms with Gasteiger partial charge in [0.25, 0.3) is 0 Å². The molecule has 24 heavy (non-hydrogen) atoms. The van der Waals surface area contributed by atoms with Crippen molar-refractivity contribution in [1.82, 2.24) is 9.97 Å². The second-order valence-electron chi connectivity index (χ2n) is 6.17. The van der Waals surface area contributed by atoms with E-state index >= 15 is 0 Å². The number of anilines is 1. The number of hydrogen-bond donors (Lipinski definition) is 1. The van der Waals surface area contributed by atoms with Crippen molar-refractivity contribution in [3.8, 4) is 11.1 Å². The maximum absolute atomic E-state index is 9.53. The number of rotatable bonds is 3. The molecule has 0 radical (unpaired) electrons. The van der Waals surface area contributed by atoms with Gasteiger partial charge in [-0.25, -0.2) is 9.97 Å². The van der Waals surface area contributed by atoms with Crippen LogP contribution in [0.1, 0.15) is 12.8 Å². The summed E-state index contributed by atoms with van der Waals surface area (Å²) in [4.78, 5) is 12.4. The van der Waals surface area contributed by atoms with Crippen LogP contribution in [0.5, 0.6) is 0 Å². The predicted molar refractivity (Wildman–Crippen MR) is 103 cm³/mol. The molecule has 0 bridgehead atoms. The number of nitrogens with zero attached hydrogens (tertiary/aromatic N) is 3. The lowest BCUT2D eigenvalue weighted by Gasteiger charge is -2.33. The molecule has 124 valence electrons. The highest BCUT2D eigenvalue weighted by molar-refractivity contribution is 9.10. The fraction of sp³-hybridized carbons (Fsp3) is 0.333. The average molecular weight is 404 g/mol. The molecule has 1 fully saturated rings. The molecule has 0 spiro atoms. The number of thiophene rings is 1. The zero-order valence-electron chi connectivity index (χ0n) is 13.2. The largest absolute Gasteiger partial charge is 0.396 e. The summed E-state index contributed by atoms with van der Waals surface area (Å²) in [6, 6.07) is 8.36. The average Bonchev–Trinajstić information content (AvgIpc) is 3.06. The summed E-state index contributed by atoms with van der Waals surface area (Å²) in [7, 11) is 0. The lowest BCUT2D eigenvalue weighted by Crippen LogP contribution is -2.37. The molecule has 4 rings (SSSR count). The van der Waals surface area contributed by atoms with Crippen molar-refractivity contribution in [3.63, 3.8) is 0 Å². The fourth-order valence-electron chi connectivity index (χ4n) is 3.35. The molecule has 0 saturated carbocycles. The first kappa shape index (κ1) is 16.0. The number of aliphatic hydroxyl groups is 1. The zero-order valence-corrected chi connectivity index (χ0v) is 15.6. The van der Waals surface area contributed by atoms with E-state index in [4.69, 9.17) is 0 Å². The van der Waals surface area contributed by atoms with Crippen LogP contribution < -0.4 is 4.90 Å². The third-order valence-corrected chi connectivity index (χ3v) is 6.00. The van der Waals surface area contributed by atoms with Crippen molar-refractivity contribution < 1.29 is 5.11 Å². The second kappa shape index (κ2) is 6.78. The molecule has 1 aliphatic heterocycles. The van der Waals surface area contributed by atoms with E-state index < -0.39 is 0 Å². The minimum absolute atomic E-state index is 0.244. The summed E-state index contributed by atoms with van der Waals surface area (Å²) in [6.45, 7) is 2.09. The quantitative estimate of drug-likeness (QED) is 0.706. The summed E-state index contributed by atoms with van der Waals surface area (Å²) in [5, 5.41) is 12.8. The molecule has 1 aromatic carbocycles. The Hall–Kier alpha value is -1.50. The zero-order chi connectivity index (χ0) is 16.5. The van der Waals surface area contributed by atoms with Crippen molar-refractivity contribution in [1.29, 1.82) is 0 Å². The molecule has 0 aliphatic carbocycles. The van der Waals surface area contributed by atoms with Gasteiger partial charge in [0.2, 0.25) is 0 Å². The van der Waals surface area contributed by atoms with Gasteiger partial charge in [-0.15, -0.1) is 11.3 Å². The first-order valence-electron chi connectivity index (χ1n) is 8.10. The maximum atomic E-state index is 9.53. The van der Waals surface area contributed by atoms with Gasteiger partial charge in [-0.05, 0) is 36.5 Å². The summed E-state index contributed by atoms with van der Waals surface area (Å²) < 4.78 is 1.07. The van der Waals surface area contributed by atoms with E-state index in [1.165, 1.54) is 11.1 Å². The molecule has 1 saturated heterocycles. The van der Waals surface area contributed by atoms with Crippen LogP contribution in [0.2, 0.25) is 0 Å². The Labute approximate surface area is 153 Å². The Morgan fingerprint density at radius 1 is 1.25 bits per heavy atom. The van der Waals surface area contributed by atoms with Crippen molar-refractivity contribution in [2.24, 2.45) is 5.92 Å². The Morgan fingerprint density at radius 3 is 2.88 bits per heavy atom. The highest BCUT2D eigenvalue weighted by atomic mass is 79.9. The number of hydrogen-bond acceptors (Lipinski definition) is 5. The number of piperidine rings is 1. The van der Waals surface area contributed by atoms with Gasteiger partial charge < -0.3 is 10.0 Å². The SMILES string of the molecule is OCC1CCCN(c2ncnc3scc(-c4ccc(Br)cc4)c23)C1. The van der Waals surface area contributed by atoms with E-state index in [1.54, 1.807) is 17.7 Å². The first-order valence-corrected chi connectivity index (χ1v) is 9.77. The van der Waals surface area contributed by atoms with Crippen LogP contribution in [-0.4, -0.2) is 34.8 Å². The third-order valence-electron chi connectivity index (χ3n) is 4.58. The normalized spacial score (nSPS) is 18.2. The summed E-state index contributed by atoms with van der Waals surface area (Å²) in [5.41, 5.74) is 2.36. The molecule has 0 amide bonds. The van der Waals surface area contributed by atoms with Crippen LogP contribution in [0.4, 0.5) is 5.82 Å². The van der Waals surface area contributed by atoms with Gasteiger partial charge in [-0.1, -0.05) is 28.1 Å². The maximum Gasteiger partial charge on any atom is 0.141 e. The van der Waals surface area contributed by atoms with E-state index in [1.807, 2.05) is 0 Å². The van der Waals surface area contributed by atoms with Crippen molar-refractivity contribution >= 4 is 43.3 Å². The lowest BCUT2D eigenvalue weighted by molar-refractivity contribution is 0.208. The molecular formula is C18H18BrN3OS. The van der Waals surface area contributed by atoms with Gasteiger partial charge in [0.15, 0.2) is 0 Å². The topological polar surface area (TPSA) is 49.2 Å². The summed E-state index contributed by atoms with van der Waals surface area (Å²) >= 11 is 5.15. The van der Waals surface area contributed by atoms with Crippen LogP contribution in [0.3, 0.4) is 0 Å². The van der Waals surface area contributed by atoms with E-state index in [2.05, 4.69) is 60.4 Å². The highest BCUT2D eigenvalue weighted by Gasteiger charge is 2.23. The minimum atomic E-state index is 0.244. The molecule has 1 aliphatic rings. The number of aliphatic hydroxyl groups excluding tert-OH is 1. The smallest absolute Gasteiger partial charge is 0.141 e. The molecule has 1 N–H and O–H groups in total. The lowest BCUT2D eigenvalue weighted by atomic mass is 9.98. The minimum Gasteiger partial charge on any atom is -0.396 e. The number of aromatic nitrogens is 2. The molecular weight excluding hydrogens is 386 g/mol. The predicted octanol–water partition coefficient (Wildman–Crippen LogP) is 4.33. The van der Waals surface area contributed by atoms with Crippen molar-refractivity contribution in [2.75, 3.05) is 24.6 Å². The summed E-state index contributed by atoms with van der Waals surface area (Å²) in [6.07, 6.45) is 3.83. The van der Waals surface area contributed by atoms with Crippen molar-refractivity contribution in [2.45, 2.75) is 12.8 Å². The van der Waals surface area contributed by atoms with Crippen molar-refractivity contribution in [3.05, 3.63) is 40.4 Å². The number of benzene rings is 1. The van der Waals surface area contributed by atoms with Gasteiger partial charge >= 0.3 is 0 Å². The molecule has 6 heteroatoms. The van der Waals surface area contributed by atoms with Crippen LogP contribution >= 0.6 is 27.3 Å². The standard InChI is InChI=1S/C18H18BrN3OS/c19-14-5-3-13(4-6-14)15-10-24-18-16(15)17(20-11-21-18)22-7-1-2-12(8-22)9-23/h3-6,10-12,23H,1-2,7-9H2. The Balaban J connectivity index is 1.81. The van der Waals surface area contributed by atoms with E-state index in [0.29, 0.717) is 5.92 Å². The molecule has 3 aromatic rings. The first-order chi connectivity index (χ1) is 11.8. The van der Waals surface area contributed by atoms with E-state index in [9.17, 15) is 5.11 Å². The van der Waals surface area contributed by atoms with E-state index in [0.717, 1.165) is 46.4 Å². The molecule has 1 atom stereocenters. The highest BCUT2D eigenvalue weighted by Crippen LogP contribution is 2.39. The Kier molecular flexibility index (Phi) is 4.52. The van der Waals surface area contributed by atoms with E-state index in [-0.39, 0.29) is 6.61 Å². The van der Waals surface area contributed by atoms with Crippen LogP contribution in [0, 0.1) is 5.92 Å². The Bertz CT molecular complexity index is 849. The molecule has 3 heterocycles. The van der Waals surface area contributed by atoms with Crippen LogP contribution in [-0.2, 0) is 0 Å². The molecule has 1 unspecified atom stereocenters. The van der Waals surface area contributed by atoms with Crippen LogP contribution in [0.25, 0.3) is 21.3 Å². The van der Waals surface area contributed by atoms with Gasteiger partial charge in [0.1, 0.15) is 17.0 Å². The Morgan fingerprint density at radius 2 is 2.08 bits per heavy atom. The third kappa shape index (κ3) is 2.94.